The molecule has 0 aliphatic rings. The normalized spacial score (nSPS) is 10.5. The fourth-order valence-corrected chi connectivity index (χ4v) is 2.79. The van der Waals surface area contributed by atoms with Gasteiger partial charge in [-0.3, -0.25) is 4.98 Å². The van der Waals surface area contributed by atoms with E-state index in [2.05, 4.69) is 9.97 Å². The lowest BCUT2D eigenvalue weighted by Gasteiger charge is -1.96. The lowest BCUT2D eigenvalue weighted by molar-refractivity contribution is 1.32. The first-order valence-electron chi connectivity index (χ1n) is 5.45. The first-order chi connectivity index (χ1) is 8.83. The van der Waals surface area contributed by atoms with E-state index in [1.54, 1.807) is 23.7 Å². The van der Waals surface area contributed by atoms with Crippen LogP contribution in [0.15, 0.2) is 55.0 Å². The standard InChI is InChI=1S/C14H9ClN2S/c15-12-3-1-2-11(8-12)13-9-17-14(18-13)10-4-6-16-7-5-10/h1-9H. The molecule has 3 rings (SSSR count). The topological polar surface area (TPSA) is 25.8 Å². The molecule has 1 aromatic carbocycles. The van der Waals surface area contributed by atoms with Gasteiger partial charge in [0, 0.05) is 29.2 Å². The molecular formula is C14H9ClN2S. The summed E-state index contributed by atoms with van der Waals surface area (Å²) in [5.41, 5.74) is 2.18. The maximum absolute atomic E-state index is 5.99. The Morgan fingerprint density at radius 1 is 1.00 bits per heavy atom. The summed E-state index contributed by atoms with van der Waals surface area (Å²) < 4.78 is 0. The number of hydrogen-bond acceptors (Lipinski definition) is 3. The lowest BCUT2D eigenvalue weighted by atomic mass is 10.2. The van der Waals surface area contributed by atoms with Crippen LogP contribution in [0.3, 0.4) is 0 Å². The van der Waals surface area contributed by atoms with Crippen molar-refractivity contribution >= 4 is 22.9 Å². The maximum atomic E-state index is 5.99. The molecule has 3 aromatic rings. The van der Waals surface area contributed by atoms with Crippen LogP contribution in [-0.4, -0.2) is 9.97 Å². The highest BCUT2D eigenvalue weighted by atomic mass is 35.5. The van der Waals surface area contributed by atoms with E-state index in [4.69, 9.17) is 11.6 Å². The first-order valence-corrected chi connectivity index (χ1v) is 6.64. The SMILES string of the molecule is Clc1cccc(-c2cnc(-c3ccncc3)s2)c1. The number of rotatable bonds is 2. The molecule has 88 valence electrons. The Hall–Kier alpha value is -1.71. The van der Waals surface area contributed by atoms with E-state index in [1.807, 2.05) is 42.6 Å². The second-order valence-electron chi connectivity index (χ2n) is 3.78. The summed E-state index contributed by atoms with van der Waals surface area (Å²) in [7, 11) is 0. The second kappa shape index (κ2) is 4.88. The van der Waals surface area contributed by atoms with Gasteiger partial charge in [0.25, 0.3) is 0 Å². The smallest absolute Gasteiger partial charge is 0.123 e. The Bertz CT molecular complexity index is 664. The zero-order valence-electron chi connectivity index (χ0n) is 9.38. The van der Waals surface area contributed by atoms with E-state index in [9.17, 15) is 0 Å². The summed E-state index contributed by atoms with van der Waals surface area (Å²) >= 11 is 7.64. The first kappa shape index (κ1) is 11.4. The third-order valence-corrected chi connectivity index (χ3v) is 3.87. The largest absolute Gasteiger partial charge is 0.265 e. The minimum Gasteiger partial charge on any atom is -0.265 e. The summed E-state index contributed by atoms with van der Waals surface area (Å²) in [6.45, 7) is 0. The molecule has 0 saturated carbocycles. The molecule has 0 unspecified atom stereocenters. The van der Waals surface area contributed by atoms with Crippen molar-refractivity contribution in [3.63, 3.8) is 0 Å². The second-order valence-corrected chi connectivity index (χ2v) is 5.24. The van der Waals surface area contributed by atoms with Crippen molar-refractivity contribution < 1.29 is 0 Å². The van der Waals surface area contributed by atoms with E-state index in [-0.39, 0.29) is 0 Å². The molecule has 0 bridgehead atoms. The van der Waals surface area contributed by atoms with Gasteiger partial charge in [-0.25, -0.2) is 4.98 Å². The molecule has 0 amide bonds. The highest BCUT2D eigenvalue weighted by Gasteiger charge is 2.06. The molecule has 0 aliphatic heterocycles. The Labute approximate surface area is 114 Å². The third kappa shape index (κ3) is 2.28. The van der Waals surface area contributed by atoms with Crippen molar-refractivity contribution in [2.45, 2.75) is 0 Å². The Kier molecular flexibility index (Phi) is 3.09. The van der Waals surface area contributed by atoms with Gasteiger partial charge in [0.15, 0.2) is 0 Å². The van der Waals surface area contributed by atoms with E-state index >= 15 is 0 Å². The average Bonchev–Trinajstić information content (AvgIpc) is 2.89. The fraction of sp³-hybridized carbons (Fsp3) is 0. The molecular weight excluding hydrogens is 264 g/mol. The van der Waals surface area contributed by atoms with Crippen molar-refractivity contribution in [3.05, 3.63) is 60.0 Å². The van der Waals surface area contributed by atoms with Crippen molar-refractivity contribution in [2.75, 3.05) is 0 Å². The molecule has 2 nitrogen and oxygen atoms in total. The maximum Gasteiger partial charge on any atom is 0.123 e. The monoisotopic (exact) mass is 272 g/mol. The quantitative estimate of drug-likeness (QED) is 0.685. The molecule has 0 radical (unpaired) electrons. The molecule has 0 saturated heterocycles. The molecule has 4 heteroatoms. The van der Waals surface area contributed by atoms with Crippen LogP contribution >= 0.6 is 22.9 Å². The van der Waals surface area contributed by atoms with Gasteiger partial charge in [-0.05, 0) is 29.8 Å². The highest BCUT2D eigenvalue weighted by Crippen LogP contribution is 2.32. The number of aromatic nitrogens is 2. The van der Waals surface area contributed by atoms with Crippen LogP contribution in [0.5, 0.6) is 0 Å². The molecule has 2 aromatic heterocycles. The van der Waals surface area contributed by atoms with Crippen LogP contribution in [-0.2, 0) is 0 Å². The van der Waals surface area contributed by atoms with Crippen molar-refractivity contribution in [1.29, 1.82) is 0 Å². The number of pyridine rings is 1. The summed E-state index contributed by atoms with van der Waals surface area (Å²) in [5.74, 6) is 0. The predicted octanol–water partition coefficient (Wildman–Crippen LogP) is 4.53. The van der Waals surface area contributed by atoms with Crippen LogP contribution in [0.25, 0.3) is 21.0 Å². The molecule has 0 spiro atoms. The summed E-state index contributed by atoms with van der Waals surface area (Å²) in [5, 5.41) is 1.73. The summed E-state index contributed by atoms with van der Waals surface area (Å²) in [6, 6.07) is 11.7. The third-order valence-electron chi connectivity index (χ3n) is 2.54. The van der Waals surface area contributed by atoms with Crippen LogP contribution < -0.4 is 0 Å². The van der Waals surface area contributed by atoms with Crippen molar-refractivity contribution in [3.8, 4) is 21.0 Å². The fourth-order valence-electron chi connectivity index (χ4n) is 1.68. The molecule has 0 N–H and O–H groups in total. The van der Waals surface area contributed by atoms with E-state index in [0.29, 0.717) is 0 Å². The molecule has 2 heterocycles. The predicted molar refractivity (Wildman–Crippen MR) is 75.8 cm³/mol. The van der Waals surface area contributed by atoms with Gasteiger partial charge in [-0.2, -0.15) is 0 Å². The molecule has 0 atom stereocenters. The van der Waals surface area contributed by atoms with Crippen molar-refractivity contribution in [1.82, 2.24) is 9.97 Å². The van der Waals surface area contributed by atoms with E-state index < -0.39 is 0 Å². The Morgan fingerprint density at radius 2 is 1.83 bits per heavy atom. The minimum absolute atomic E-state index is 0.742. The van der Waals surface area contributed by atoms with Gasteiger partial charge >= 0.3 is 0 Å². The Balaban J connectivity index is 2.00. The van der Waals surface area contributed by atoms with Crippen LogP contribution in [0.1, 0.15) is 0 Å². The van der Waals surface area contributed by atoms with Crippen LogP contribution in [0.2, 0.25) is 5.02 Å². The lowest BCUT2D eigenvalue weighted by Crippen LogP contribution is -1.74. The summed E-state index contributed by atoms with van der Waals surface area (Å²) in [6.07, 6.45) is 5.43. The van der Waals surface area contributed by atoms with E-state index in [1.165, 1.54) is 0 Å². The van der Waals surface area contributed by atoms with Gasteiger partial charge in [0.05, 0.1) is 4.88 Å². The average molecular weight is 273 g/mol. The van der Waals surface area contributed by atoms with Gasteiger partial charge < -0.3 is 0 Å². The summed E-state index contributed by atoms with van der Waals surface area (Å²) in [4.78, 5) is 9.56. The van der Waals surface area contributed by atoms with Gasteiger partial charge in [-0.15, -0.1) is 11.3 Å². The van der Waals surface area contributed by atoms with Gasteiger partial charge in [0.2, 0.25) is 0 Å². The van der Waals surface area contributed by atoms with Crippen LogP contribution in [0, 0.1) is 0 Å². The Morgan fingerprint density at radius 3 is 2.61 bits per heavy atom. The number of benzene rings is 1. The number of halogens is 1. The number of hydrogen-bond donors (Lipinski definition) is 0. The molecule has 0 fully saturated rings. The van der Waals surface area contributed by atoms with Gasteiger partial charge in [-0.1, -0.05) is 23.7 Å². The molecule has 0 aliphatic carbocycles. The zero-order chi connectivity index (χ0) is 12.4. The van der Waals surface area contributed by atoms with Gasteiger partial charge in [0.1, 0.15) is 5.01 Å². The number of thiazole rings is 1. The number of nitrogens with zero attached hydrogens (tertiary/aromatic N) is 2. The molecule has 18 heavy (non-hydrogen) atoms. The van der Waals surface area contributed by atoms with Crippen LogP contribution in [0.4, 0.5) is 0 Å². The van der Waals surface area contributed by atoms with E-state index in [0.717, 1.165) is 26.0 Å². The highest BCUT2D eigenvalue weighted by molar-refractivity contribution is 7.18. The van der Waals surface area contributed by atoms with Crippen molar-refractivity contribution in [2.24, 2.45) is 0 Å². The zero-order valence-corrected chi connectivity index (χ0v) is 10.9. The minimum atomic E-state index is 0.742.